The predicted octanol–water partition coefficient (Wildman–Crippen LogP) is 2.16. The molecule has 0 bridgehead atoms. The number of piperidine rings is 1. The van der Waals surface area contributed by atoms with Gasteiger partial charge in [-0.05, 0) is 30.5 Å². The van der Waals surface area contributed by atoms with Crippen molar-refractivity contribution in [2.24, 2.45) is 0 Å². The molecule has 0 aliphatic carbocycles. The molecule has 0 amide bonds. The molecule has 6 heteroatoms. The summed E-state index contributed by atoms with van der Waals surface area (Å²) in [4.78, 5) is 1.64. The molecule has 1 heterocycles. The number of aliphatic hydroxyl groups is 2. The Labute approximate surface area is 109 Å². The average Bonchev–Trinajstić information content (AvgIpc) is 2.38. The molecule has 3 nitrogen and oxygen atoms in total. The van der Waals surface area contributed by atoms with Gasteiger partial charge in [-0.25, -0.2) is 0 Å². The Kier molecular flexibility index (Phi) is 4.01. The number of benzene rings is 1. The van der Waals surface area contributed by atoms with Crippen molar-refractivity contribution in [2.45, 2.75) is 31.7 Å². The molecule has 19 heavy (non-hydrogen) atoms. The van der Waals surface area contributed by atoms with Crippen LogP contribution in [0.1, 0.15) is 24.0 Å². The summed E-state index contributed by atoms with van der Waals surface area (Å²) in [5.74, 6) is 0. The Morgan fingerprint density at radius 1 is 1.21 bits per heavy atom. The van der Waals surface area contributed by atoms with Gasteiger partial charge in [0.15, 0.2) is 0 Å². The van der Waals surface area contributed by atoms with E-state index in [4.69, 9.17) is 5.11 Å². The molecule has 0 atom stereocenters. The molecule has 0 aromatic heterocycles. The average molecular weight is 275 g/mol. The van der Waals surface area contributed by atoms with Gasteiger partial charge in [0, 0.05) is 18.8 Å². The van der Waals surface area contributed by atoms with Crippen LogP contribution >= 0.6 is 0 Å². The highest BCUT2D eigenvalue weighted by Gasteiger charge is 2.35. The molecule has 1 fully saturated rings. The summed E-state index contributed by atoms with van der Waals surface area (Å²) in [6.07, 6.45) is -3.93. The second-order valence-corrected chi connectivity index (χ2v) is 4.73. The number of halogens is 3. The first-order valence-electron chi connectivity index (χ1n) is 6.16. The van der Waals surface area contributed by atoms with Crippen LogP contribution in [-0.2, 0) is 12.8 Å². The zero-order valence-corrected chi connectivity index (χ0v) is 10.3. The summed E-state index contributed by atoms with van der Waals surface area (Å²) < 4.78 is 39.1. The molecule has 0 unspecified atom stereocenters. The van der Waals surface area contributed by atoms with E-state index >= 15 is 0 Å². The summed E-state index contributed by atoms with van der Waals surface area (Å²) in [5, 5.41) is 18.4. The smallest absolute Gasteiger partial charge is 0.393 e. The van der Waals surface area contributed by atoms with E-state index in [-0.39, 0.29) is 11.3 Å². The fourth-order valence-corrected chi connectivity index (χ4v) is 2.29. The first-order chi connectivity index (χ1) is 8.91. The summed E-state index contributed by atoms with van der Waals surface area (Å²) in [7, 11) is 0. The van der Waals surface area contributed by atoms with Crippen molar-refractivity contribution in [1.29, 1.82) is 0 Å². The number of hydrogen-bond acceptors (Lipinski definition) is 3. The highest BCUT2D eigenvalue weighted by Crippen LogP contribution is 2.38. The normalized spacial score (nSPS) is 17.8. The van der Waals surface area contributed by atoms with E-state index in [2.05, 4.69) is 0 Å². The summed E-state index contributed by atoms with van der Waals surface area (Å²) in [6.45, 7) is 0.396. The van der Waals surface area contributed by atoms with Gasteiger partial charge >= 0.3 is 6.18 Å². The number of anilines is 1. The highest BCUT2D eigenvalue weighted by molar-refractivity contribution is 5.56. The van der Waals surface area contributed by atoms with Crippen LogP contribution in [0.2, 0.25) is 0 Å². The van der Waals surface area contributed by atoms with Gasteiger partial charge in [0.05, 0.1) is 18.3 Å². The molecule has 1 saturated heterocycles. The number of nitrogens with zero attached hydrogens (tertiary/aromatic N) is 1. The van der Waals surface area contributed by atoms with Crippen LogP contribution in [0.15, 0.2) is 18.2 Å². The van der Waals surface area contributed by atoms with E-state index < -0.39 is 24.5 Å². The lowest BCUT2D eigenvalue weighted by atomic mass is 10.0. The van der Waals surface area contributed by atoms with Crippen molar-refractivity contribution in [3.63, 3.8) is 0 Å². The molecule has 0 saturated carbocycles. The maximum absolute atomic E-state index is 13.0. The van der Waals surface area contributed by atoms with Crippen LogP contribution < -0.4 is 4.90 Å². The Balaban J connectivity index is 2.34. The Bertz CT molecular complexity index is 440. The number of alkyl halides is 3. The Morgan fingerprint density at radius 3 is 2.37 bits per heavy atom. The van der Waals surface area contributed by atoms with E-state index in [9.17, 15) is 18.3 Å². The second-order valence-electron chi connectivity index (χ2n) is 4.73. The van der Waals surface area contributed by atoms with Crippen molar-refractivity contribution < 1.29 is 23.4 Å². The van der Waals surface area contributed by atoms with Gasteiger partial charge in [-0.3, -0.25) is 0 Å². The van der Waals surface area contributed by atoms with Crippen LogP contribution in [0.4, 0.5) is 18.9 Å². The topological polar surface area (TPSA) is 43.7 Å². The minimum Gasteiger partial charge on any atom is -0.393 e. The molecular formula is C13H16F3NO2. The highest BCUT2D eigenvalue weighted by atomic mass is 19.4. The standard InChI is InChI=1S/C13H16F3NO2/c14-13(15,16)11-7-9(8-18)1-2-12(11)17-5-3-10(19)4-6-17/h1-2,7,10,18-19H,3-6,8H2. The SMILES string of the molecule is OCc1ccc(N2CCC(O)CC2)c(C(F)(F)F)c1. The molecule has 0 radical (unpaired) electrons. The summed E-state index contributed by atoms with van der Waals surface area (Å²) in [5.41, 5.74) is -0.361. The van der Waals surface area contributed by atoms with E-state index in [1.807, 2.05) is 0 Å². The van der Waals surface area contributed by atoms with Crippen LogP contribution in [0, 0.1) is 0 Å². The number of aliphatic hydroxyl groups excluding tert-OH is 2. The third kappa shape index (κ3) is 3.19. The summed E-state index contributed by atoms with van der Waals surface area (Å²) in [6, 6.07) is 3.88. The molecule has 1 aliphatic rings. The first kappa shape index (κ1) is 14.1. The molecule has 2 N–H and O–H groups in total. The van der Waals surface area contributed by atoms with E-state index in [0.717, 1.165) is 6.07 Å². The van der Waals surface area contributed by atoms with E-state index in [1.54, 1.807) is 4.90 Å². The van der Waals surface area contributed by atoms with E-state index in [1.165, 1.54) is 12.1 Å². The van der Waals surface area contributed by atoms with Gasteiger partial charge in [-0.1, -0.05) is 6.07 Å². The quantitative estimate of drug-likeness (QED) is 0.869. The van der Waals surface area contributed by atoms with Crippen LogP contribution in [0.25, 0.3) is 0 Å². The molecule has 106 valence electrons. The van der Waals surface area contributed by atoms with Crippen molar-refractivity contribution in [1.82, 2.24) is 0 Å². The minimum atomic E-state index is -4.45. The maximum Gasteiger partial charge on any atom is 0.418 e. The minimum absolute atomic E-state index is 0.122. The second kappa shape index (κ2) is 5.38. The fraction of sp³-hybridized carbons (Fsp3) is 0.538. The fourth-order valence-electron chi connectivity index (χ4n) is 2.29. The maximum atomic E-state index is 13.0. The lowest BCUT2D eigenvalue weighted by molar-refractivity contribution is -0.137. The van der Waals surface area contributed by atoms with Crippen molar-refractivity contribution in [3.8, 4) is 0 Å². The summed E-state index contributed by atoms with van der Waals surface area (Å²) >= 11 is 0. The molecule has 1 aromatic carbocycles. The Morgan fingerprint density at radius 2 is 1.84 bits per heavy atom. The van der Waals surface area contributed by atoms with E-state index in [0.29, 0.717) is 25.9 Å². The van der Waals surface area contributed by atoms with Gasteiger partial charge in [-0.2, -0.15) is 13.2 Å². The van der Waals surface area contributed by atoms with Gasteiger partial charge in [-0.15, -0.1) is 0 Å². The van der Waals surface area contributed by atoms with Crippen LogP contribution in [-0.4, -0.2) is 29.4 Å². The van der Waals surface area contributed by atoms with Crippen molar-refractivity contribution in [2.75, 3.05) is 18.0 Å². The van der Waals surface area contributed by atoms with Crippen molar-refractivity contribution >= 4 is 5.69 Å². The lowest BCUT2D eigenvalue weighted by Crippen LogP contribution is -2.37. The Hall–Kier alpha value is -1.27. The van der Waals surface area contributed by atoms with Gasteiger partial charge in [0.25, 0.3) is 0 Å². The third-order valence-corrected chi connectivity index (χ3v) is 3.35. The zero-order valence-electron chi connectivity index (χ0n) is 10.3. The van der Waals surface area contributed by atoms with Crippen LogP contribution in [0.3, 0.4) is 0 Å². The zero-order chi connectivity index (χ0) is 14.0. The first-order valence-corrected chi connectivity index (χ1v) is 6.16. The molecule has 0 spiro atoms. The lowest BCUT2D eigenvalue weighted by Gasteiger charge is -2.33. The van der Waals surface area contributed by atoms with Crippen LogP contribution in [0.5, 0.6) is 0 Å². The molecule has 2 rings (SSSR count). The third-order valence-electron chi connectivity index (χ3n) is 3.35. The number of rotatable bonds is 2. The molecule has 1 aliphatic heterocycles. The monoisotopic (exact) mass is 275 g/mol. The van der Waals surface area contributed by atoms with Crippen molar-refractivity contribution in [3.05, 3.63) is 29.3 Å². The predicted molar refractivity (Wildman–Crippen MR) is 64.8 cm³/mol. The molecular weight excluding hydrogens is 259 g/mol. The largest absolute Gasteiger partial charge is 0.418 e. The van der Waals surface area contributed by atoms with Gasteiger partial charge < -0.3 is 15.1 Å². The van der Waals surface area contributed by atoms with Gasteiger partial charge in [0.2, 0.25) is 0 Å². The van der Waals surface area contributed by atoms with Gasteiger partial charge in [0.1, 0.15) is 0 Å². The number of hydrogen-bond donors (Lipinski definition) is 2. The molecule has 1 aromatic rings.